The fourth-order valence-electron chi connectivity index (χ4n) is 3.84. The van der Waals surface area contributed by atoms with E-state index in [9.17, 15) is 27.2 Å². The van der Waals surface area contributed by atoms with Gasteiger partial charge in [-0.05, 0) is 41.6 Å². The van der Waals surface area contributed by atoms with Gasteiger partial charge in [-0.25, -0.2) is 14.2 Å². The summed E-state index contributed by atoms with van der Waals surface area (Å²) in [5.74, 6) is -1.05. The maximum Gasteiger partial charge on any atom is 0.416 e. The molecule has 3 heterocycles. The van der Waals surface area contributed by atoms with E-state index in [4.69, 9.17) is 9.26 Å². The molecule has 0 aliphatic heterocycles. The molecule has 0 atom stereocenters. The van der Waals surface area contributed by atoms with Gasteiger partial charge >= 0.3 is 11.9 Å². The number of hydrogen-bond acceptors (Lipinski definition) is 7. The minimum Gasteiger partial charge on any atom is -0.467 e. The van der Waals surface area contributed by atoms with Crippen molar-refractivity contribution >= 4 is 22.6 Å². The molecule has 0 spiro atoms. The Morgan fingerprint density at radius 2 is 1.95 bits per heavy atom. The molecule has 5 rings (SSSR count). The Bertz CT molecular complexity index is 1670. The van der Waals surface area contributed by atoms with E-state index in [1.807, 2.05) is 0 Å². The number of imidazole rings is 1. The molecule has 2 aromatic carbocycles. The van der Waals surface area contributed by atoms with Gasteiger partial charge in [0.15, 0.2) is 18.2 Å². The topological polar surface area (TPSA) is 133 Å². The van der Waals surface area contributed by atoms with Gasteiger partial charge < -0.3 is 14.6 Å². The van der Waals surface area contributed by atoms with Gasteiger partial charge in [0.05, 0.1) is 16.6 Å². The van der Waals surface area contributed by atoms with Gasteiger partial charge in [-0.2, -0.15) is 18.3 Å². The van der Waals surface area contributed by atoms with Crippen LogP contribution in [0.3, 0.4) is 0 Å². The Morgan fingerprint density at radius 3 is 2.63 bits per heavy atom. The van der Waals surface area contributed by atoms with Crippen LogP contribution in [0.4, 0.5) is 23.2 Å². The standard InChI is InChI=1S/C23H17F4N7O4/c1-33-21-15(17-8-20(32-38-17)37-10-18-28-11-29-31-18)6-12(23(25,26)27)7-16(21)34(22(33)36)9-19(35)30-14-4-2-13(24)3-5-14/h2-8,11H,9-10H2,1H3,(H,30,35)(H,28,29,31). The van der Waals surface area contributed by atoms with Crippen LogP contribution in [0.2, 0.25) is 0 Å². The van der Waals surface area contributed by atoms with E-state index < -0.39 is 35.7 Å². The number of aromatic nitrogens is 6. The first-order valence-electron chi connectivity index (χ1n) is 10.9. The van der Waals surface area contributed by atoms with Crippen LogP contribution in [-0.2, 0) is 31.2 Å². The normalized spacial score (nSPS) is 11.7. The molecule has 0 saturated heterocycles. The molecule has 38 heavy (non-hydrogen) atoms. The van der Waals surface area contributed by atoms with Crippen LogP contribution in [-0.4, -0.2) is 35.4 Å². The lowest BCUT2D eigenvalue weighted by Crippen LogP contribution is -2.28. The quantitative estimate of drug-likeness (QED) is 0.307. The van der Waals surface area contributed by atoms with Crippen molar-refractivity contribution in [2.75, 3.05) is 5.32 Å². The van der Waals surface area contributed by atoms with Crippen LogP contribution in [0, 0.1) is 5.82 Å². The SMILES string of the molecule is Cn1c(=O)n(CC(=O)Nc2ccc(F)cc2)c2cc(C(F)(F)F)cc(-c3cc(OCc4nc[nH]n4)no3)c21. The van der Waals surface area contributed by atoms with Crippen molar-refractivity contribution in [1.29, 1.82) is 0 Å². The predicted molar refractivity (Wildman–Crippen MR) is 123 cm³/mol. The predicted octanol–water partition coefficient (Wildman–Crippen LogP) is 3.49. The molecule has 0 fully saturated rings. The van der Waals surface area contributed by atoms with Crippen molar-refractivity contribution in [2.45, 2.75) is 19.3 Å². The number of aromatic amines is 1. The second-order valence-corrected chi connectivity index (χ2v) is 8.11. The highest BCUT2D eigenvalue weighted by atomic mass is 19.4. The Hall–Kier alpha value is -4.95. The first-order valence-corrected chi connectivity index (χ1v) is 10.9. The van der Waals surface area contributed by atoms with Crippen LogP contribution in [0.25, 0.3) is 22.4 Å². The van der Waals surface area contributed by atoms with E-state index in [0.717, 1.165) is 33.4 Å². The van der Waals surface area contributed by atoms with Gasteiger partial charge in [-0.3, -0.25) is 19.0 Å². The molecule has 0 saturated carbocycles. The fraction of sp³-hybridized carbons (Fsp3) is 0.174. The Kier molecular flexibility index (Phi) is 6.18. The van der Waals surface area contributed by atoms with Crippen molar-refractivity contribution in [3.63, 3.8) is 0 Å². The molecular formula is C23H17F4N7O4. The molecule has 3 aromatic heterocycles. The smallest absolute Gasteiger partial charge is 0.416 e. The zero-order chi connectivity index (χ0) is 27.0. The summed E-state index contributed by atoms with van der Waals surface area (Å²) in [6.45, 7) is -0.679. The van der Waals surface area contributed by atoms with Crippen molar-refractivity contribution in [3.05, 3.63) is 76.5 Å². The first kappa shape index (κ1) is 24.7. The second kappa shape index (κ2) is 9.49. The Labute approximate surface area is 209 Å². The van der Waals surface area contributed by atoms with Crippen LogP contribution in [0.1, 0.15) is 11.4 Å². The molecule has 1 amide bonds. The second-order valence-electron chi connectivity index (χ2n) is 8.11. The number of H-pyrrole nitrogens is 1. The number of halogens is 4. The molecule has 196 valence electrons. The number of hydrogen-bond donors (Lipinski definition) is 2. The molecule has 5 aromatic rings. The van der Waals surface area contributed by atoms with Crippen molar-refractivity contribution in [1.82, 2.24) is 29.5 Å². The van der Waals surface area contributed by atoms with Crippen LogP contribution >= 0.6 is 0 Å². The molecule has 0 aliphatic rings. The summed E-state index contributed by atoms with van der Waals surface area (Å²) in [7, 11) is 1.35. The molecule has 2 N–H and O–H groups in total. The van der Waals surface area contributed by atoms with Crippen molar-refractivity contribution in [2.24, 2.45) is 7.05 Å². The summed E-state index contributed by atoms with van der Waals surface area (Å²) in [5, 5.41) is 12.5. The zero-order valence-corrected chi connectivity index (χ0v) is 19.4. The minimum atomic E-state index is -4.78. The first-order chi connectivity index (χ1) is 18.1. The lowest BCUT2D eigenvalue weighted by molar-refractivity contribution is -0.137. The third-order valence-electron chi connectivity index (χ3n) is 5.56. The number of fused-ring (bicyclic) bond motifs is 1. The monoisotopic (exact) mass is 531 g/mol. The van der Waals surface area contributed by atoms with E-state index >= 15 is 0 Å². The zero-order valence-electron chi connectivity index (χ0n) is 19.4. The number of rotatable bonds is 7. The third-order valence-corrected chi connectivity index (χ3v) is 5.56. The molecule has 0 unspecified atom stereocenters. The Morgan fingerprint density at radius 1 is 1.18 bits per heavy atom. The highest BCUT2D eigenvalue weighted by molar-refractivity contribution is 5.95. The lowest BCUT2D eigenvalue weighted by Gasteiger charge is -2.11. The number of ether oxygens (including phenoxy) is 1. The average molecular weight is 531 g/mol. The number of alkyl halides is 3. The number of nitrogens with zero attached hydrogens (tertiary/aromatic N) is 5. The van der Waals surface area contributed by atoms with E-state index in [0.29, 0.717) is 5.82 Å². The van der Waals surface area contributed by atoms with Gasteiger partial charge in [0.2, 0.25) is 5.91 Å². The molecule has 15 heteroatoms. The molecular weight excluding hydrogens is 514 g/mol. The highest BCUT2D eigenvalue weighted by Gasteiger charge is 2.33. The number of carbonyl (C=O) groups excluding carboxylic acids is 1. The Balaban J connectivity index is 1.54. The van der Waals surface area contributed by atoms with E-state index in [2.05, 4.69) is 25.7 Å². The number of amides is 1. The van der Waals surface area contributed by atoms with Crippen LogP contribution < -0.4 is 15.7 Å². The van der Waals surface area contributed by atoms with Crippen molar-refractivity contribution < 1.29 is 31.6 Å². The number of nitrogens with one attached hydrogen (secondary N) is 2. The summed E-state index contributed by atoms with van der Waals surface area (Å²) in [5.41, 5.74) is -1.73. The van der Waals surface area contributed by atoms with E-state index in [-0.39, 0.29) is 40.5 Å². The van der Waals surface area contributed by atoms with Gasteiger partial charge in [0, 0.05) is 24.4 Å². The highest BCUT2D eigenvalue weighted by Crippen LogP contribution is 2.37. The summed E-state index contributed by atoms with van der Waals surface area (Å²) >= 11 is 0. The van der Waals surface area contributed by atoms with Gasteiger partial charge in [-0.1, -0.05) is 0 Å². The average Bonchev–Trinajstić information content (AvgIpc) is 3.61. The van der Waals surface area contributed by atoms with E-state index in [1.165, 1.54) is 31.6 Å². The number of anilines is 1. The maximum atomic E-state index is 13.8. The molecule has 0 radical (unpaired) electrons. The summed E-state index contributed by atoms with van der Waals surface area (Å²) < 4.78 is 67.3. The maximum absolute atomic E-state index is 13.8. The summed E-state index contributed by atoms with van der Waals surface area (Å²) in [4.78, 5) is 29.5. The minimum absolute atomic E-state index is 0.0431. The third kappa shape index (κ3) is 4.85. The summed E-state index contributed by atoms with van der Waals surface area (Å²) in [6.07, 6.45) is -3.43. The number of benzene rings is 2. The van der Waals surface area contributed by atoms with Crippen molar-refractivity contribution in [3.8, 4) is 17.2 Å². The molecule has 11 nitrogen and oxygen atoms in total. The molecule has 0 bridgehead atoms. The lowest BCUT2D eigenvalue weighted by atomic mass is 10.1. The van der Waals surface area contributed by atoms with Crippen LogP contribution in [0.5, 0.6) is 5.88 Å². The fourth-order valence-corrected chi connectivity index (χ4v) is 3.84. The number of aryl methyl sites for hydroxylation is 1. The largest absolute Gasteiger partial charge is 0.467 e. The van der Waals surface area contributed by atoms with Gasteiger partial charge in [-0.15, -0.1) is 0 Å². The number of carbonyl (C=O) groups is 1. The van der Waals surface area contributed by atoms with Crippen LogP contribution in [0.15, 0.2) is 58.1 Å². The van der Waals surface area contributed by atoms with Gasteiger partial charge in [0.25, 0.3) is 5.88 Å². The van der Waals surface area contributed by atoms with E-state index in [1.54, 1.807) is 0 Å². The summed E-state index contributed by atoms with van der Waals surface area (Å²) in [6, 6.07) is 7.75. The van der Waals surface area contributed by atoms with Gasteiger partial charge in [0.1, 0.15) is 18.7 Å². The molecule has 0 aliphatic carbocycles.